The van der Waals surface area contributed by atoms with E-state index in [0.717, 1.165) is 12.4 Å². The summed E-state index contributed by atoms with van der Waals surface area (Å²) in [5, 5.41) is 11.0. The highest BCUT2D eigenvalue weighted by Crippen LogP contribution is 2.34. The number of carbonyl (C=O) groups is 1. The Bertz CT molecular complexity index is 870. The number of hydrogen-bond acceptors (Lipinski definition) is 5. The van der Waals surface area contributed by atoms with Gasteiger partial charge in [0.15, 0.2) is 5.65 Å². The van der Waals surface area contributed by atoms with E-state index in [0.29, 0.717) is 24.6 Å². The molecule has 3 aromatic heterocycles. The van der Waals surface area contributed by atoms with Crippen molar-refractivity contribution in [2.24, 2.45) is 5.92 Å². The Balaban J connectivity index is 1.57. The quantitative estimate of drug-likeness (QED) is 0.788. The van der Waals surface area contributed by atoms with Gasteiger partial charge in [0.2, 0.25) is 11.9 Å². The van der Waals surface area contributed by atoms with E-state index in [1.54, 1.807) is 10.6 Å². The molecule has 0 bridgehead atoms. The molecular weight excluding hydrogens is 308 g/mol. The third-order valence-electron chi connectivity index (χ3n) is 4.32. The minimum absolute atomic E-state index is 0.124. The van der Waals surface area contributed by atoms with Crippen LogP contribution in [0.25, 0.3) is 5.65 Å². The molecule has 0 radical (unpaired) electrons. The number of nitrogens with one attached hydrogen (secondary N) is 1. The van der Waals surface area contributed by atoms with E-state index in [1.807, 2.05) is 42.1 Å². The standard InChI is InChI=1S/C16H18N6O2/c1-2-21-9-7-17-14(21)13-11(6-10-24-13)15(23)18-16-20-19-12-5-3-4-8-22(12)16/h3-5,7-9,11,13H,2,6,10H2,1H3,(H,18,20,23)/t11-,13-/m1/s1. The molecule has 4 heterocycles. The van der Waals surface area contributed by atoms with E-state index < -0.39 is 0 Å². The number of carbonyl (C=O) groups excluding carboxylic acids is 1. The van der Waals surface area contributed by atoms with Crippen LogP contribution in [0.1, 0.15) is 25.3 Å². The Morgan fingerprint density at radius 1 is 1.38 bits per heavy atom. The van der Waals surface area contributed by atoms with E-state index >= 15 is 0 Å². The van der Waals surface area contributed by atoms with Gasteiger partial charge in [-0.3, -0.25) is 14.5 Å². The van der Waals surface area contributed by atoms with Gasteiger partial charge in [-0.15, -0.1) is 10.2 Å². The van der Waals surface area contributed by atoms with Crippen molar-refractivity contribution in [1.82, 2.24) is 24.1 Å². The Labute approximate surface area is 138 Å². The number of anilines is 1. The van der Waals surface area contributed by atoms with Gasteiger partial charge in [0, 0.05) is 31.7 Å². The molecule has 1 aliphatic rings. The Kier molecular flexibility index (Phi) is 3.73. The van der Waals surface area contributed by atoms with Crippen LogP contribution in [0.5, 0.6) is 0 Å². The second-order valence-corrected chi connectivity index (χ2v) is 5.70. The van der Waals surface area contributed by atoms with Gasteiger partial charge in [-0.2, -0.15) is 0 Å². The molecule has 1 N–H and O–H groups in total. The second kappa shape index (κ2) is 6.04. The van der Waals surface area contributed by atoms with Crippen molar-refractivity contribution in [3.05, 3.63) is 42.6 Å². The molecule has 1 amide bonds. The molecule has 0 unspecified atom stereocenters. The van der Waals surface area contributed by atoms with Crippen molar-refractivity contribution in [1.29, 1.82) is 0 Å². The molecule has 3 aromatic rings. The monoisotopic (exact) mass is 326 g/mol. The van der Waals surface area contributed by atoms with Crippen LogP contribution in [0.4, 0.5) is 5.95 Å². The number of hydrogen-bond donors (Lipinski definition) is 1. The summed E-state index contributed by atoms with van der Waals surface area (Å²) in [5.74, 6) is 0.788. The Hall–Kier alpha value is -2.74. The van der Waals surface area contributed by atoms with Gasteiger partial charge in [-0.1, -0.05) is 6.07 Å². The van der Waals surface area contributed by atoms with Crippen molar-refractivity contribution in [2.75, 3.05) is 11.9 Å². The molecule has 0 spiro atoms. The molecule has 0 saturated carbocycles. The van der Waals surface area contributed by atoms with Gasteiger partial charge in [0.1, 0.15) is 11.9 Å². The van der Waals surface area contributed by atoms with Gasteiger partial charge in [0.05, 0.1) is 5.92 Å². The van der Waals surface area contributed by atoms with Crippen molar-refractivity contribution >= 4 is 17.5 Å². The number of pyridine rings is 1. The maximum Gasteiger partial charge on any atom is 0.235 e. The lowest BCUT2D eigenvalue weighted by Gasteiger charge is -2.18. The summed E-state index contributed by atoms with van der Waals surface area (Å²) >= 11 is 0. The van der Waals surface area contributed by atoms with Crippen LogP contribution in [0, 0.1) is 5.92 Å². The highest BCUT2D eigenvalue weighted by molar-refractivity contribution is 5.91. The van der Waals surface area contributed by atoms with Crippen LogP contribution in [0.2, 0.25) is 0 Å². The smallest absolute Gasteiger partial charge is 0.235 e. The third-order valence-corrected chi connectivity index (χ3v) is 4.32. The Morgan fingerprint density at radius 2 is 2.29 bits per heavy atom. The first-order valence-electron chi connectivity index (χ1n) is 8.01. The molecule has 1 saturated heterocycles. The zero-order valence-corrected chi connectivity index (χ0v) is 13.3. The Morgan fingerprint density at radius 3 is 3.17 bits per heavy atom. The normalized spacial score (nSPS) is 20.5. The van der Waals surface area contributed by atoms with E-state index in [9.17, 15) is 4.79 Å². The predicted molar refractivity (Wildman–Crippen MR) is 86.3 cm³/mol. The van der Waals surface area contributed by atoms with Gasteiger partial charge in [-0.25, -0.2) is 4.98 Å². The minimum atomic E-state index is -0.334. The summed E-state index contributed by atoms with van der Waals surface area (Å²) in [6.45, 7) is 3.37. The van der Waals surface area contributed by atoms with Crippen LogP contribution in [-0.2, 0) is 16.1 Å². The number of amides is 1. The minimum Gasteiger partial charge on any atom is -0.369 e. The molecule has 8 nitrogen and oxygen atoms in total. The molecule has 2 atom stereocenters. The van der Waals surface area contributed by atoms with Crippen LogP contribution in [0.15, 0.2) is 36.8 Å². The van der Waals surface area contributed by atoms with Crippen LogP contribution in [-0.4, -0.2) is 36.7 Å². The SMILES string of the molecule is CCn1ccnc1[C@@H]1OCC[C@H]1C(=O)Nc1nnc2ccccn12. The number of aromatic nitrogens is 5. The summed E-state index contributed by atoms with van der Waals surface area (Å²) in [4.78, 5) is 17.1. The summed E-state index contributed by atoms with van der Waals surface area (Å²) in [5.41, 5.74) is 0.688. The van der Waals surface area contributed by atoms with Crippen molar-refractivity contribution in [2.45, 2.75) is 26.0 Å². The first kappa shape index (κ1) is 14.8. The molecule has 8 heteroatoms. The molecule has 1 aliphatic heterocycles. The van der Waals surface area contributed by atoms with E-state index in [-0.39, 0.29) is 17.9 Å². The average Bonchev–Trinajstić information content (AvgIpc) is 3.33. The lowest BCUT2D eigenvalue weighted by atomic mass is 10.00. The molecule has 1 fully saturated rings. The van der Waals surface area contributed by atoms with Crippen LogP contribution >= 0.6 is 0 Å². The first-order valence-corrected chi connectivity index (χ1v) is 8.01. The molecular formula is C16H18N6O2. The van der Waals surface area contributed by atoms with E-state index in [2.05, 4.69) is 20.5 Å². The number of aryl methyl sites for hydroxylation is 1. The van der Waals surface area contributed by atoms with Gasteiger partial charge < -0.3 is 9.30 Å². The first-order chi connectivity index (χ1) is 11.8. The summed E-state index contributed by atoms with van der Waals surface area (Å²) in [6.07, 6.45) is 5.78. The average molecular weight is 326 g/mol. The lowest BCUT2D eigenvalue weighted by molar-refractivity contribution is -0.121. The number of fused-ring (bicyclic) bond motifs is 1. The highest BCUT2D eigenvalue weighted by Gasteiger charge is 2.38. The molecule has 0 aromatic carbocycles. The zero-order chi connectivity index (χ0) is 16.5. The van der Waals surface area contributed by atoms with Crippen molar-refractivity contribution in [3.63, 3.8) is 0 Å². The number of ether oxygens (including phenoxy) is 1. The fourth-order valence-corrected chi connectivity index (χ4v) is 3.09. The van der Waals surface area contributed by atoms with Crippen molar-refractivity contribution in [3.8, 4) is 0 Å². The molecule has 4 rings (SSSR count). The topological polar surface area (TPSA) is 86.3 Å². The van der Waals surface area contributed by atoms with E-state index in [4.69, 9.17) is 4.74 Å². The van der Waals surface area contributed by atoms with Gasteiger partial charge >= 0.3 is 0 Å². The number of nitrogens with zero attached hydrogens (tertiary/aromatic N) is 5. The maximum atomic E-state index is 12.8. The molecule has 0 aliphatic carbocycles. The molecule has 124 valence electrons. The number of rotatable bonds is 4. The summed E-state index contributed by atoms with van der Waals surface area (Å²) < 4.78 is 9.54. The van der Waals surface area contributed by atoms with E-state index in [1.165, 1.54) is 0 Å². The fraction of sp³-hybridized carbons (Fsp3) is 0.375. The third kappa shape index (κ3) is 2.44. The highest BCUT2D eigenvalue weighted by atomic mass is 16.5. The van der Waals surface area contributed by atoms with Gasteiger partial charge in [0.25, 0.3) is 0 Å². The predicted octanol–water partition coefficient (Wildman–Crippen LogP) is 1.66. The molecule has 24 heavy (non-hydrogen) atoms. The summed E-state index contributed by atoms with van der Waals surface area (Å²) in [7, 11) is 0. The largest absolute Gasteiger partial charge is 0.369 e. The summed E-state index contributed by atoms with van der Waals surface area (Å²) in [6, 6.07) is 5.58. The van der Waals surface area contributed by atoms with Crippen LogP contribution < -0.4 is 5.32 Å². The zero-order valence-electron chi connectivity index (χ0n) is 13.3. The van der Waals surface area contributed by atoms with Crippen molar-refractivity contribution < 1.29 is 9.53 Å². The lowest BCUT2D eigenvalue weighted by Crippen LogP contribution is -2.27. The number of imidazole rings is 1. The van der Waals surface area contributed by atoms with Gasteiger partial charge in [-0.05, 0) is 25.5 Å². The van der Waals surface area contributed by atoms with Crippen LogP contribution in [0.3, 0.4) is 0 Å². The second-order valence-electron chi connectivity index (χ2n) is 5.70. The maximum absolute atomic E-state index is 12.8. The fourth-order valence-electron chi connectivity index (χ4n) is 3.09.